The van der Waals surface area contributed by atoms with Gasteiger partial charge in [-0.3, -0.25) is 14.9 Å². The third-order valence-corrected chi connectivity index (χ3v) is 3.37. The maximum Gasteiger partial charge on any atom is 0.433 e. The van der Waals surface area contributed by atoms with Crippen LogP contribution in [0.3, 0.4) is 0 Å². The van der Waals surface area contributed by atoms with Crippen LogP contribution in [0.5, 0.6) is 0 Å². The first-order chi connectivity index (χ1) is 9.13. The Morgan fingerprint density at radius 2 is 2.32 bits per heavy atom. The standard InChI is InChI=1S/C12H17N3O4/c13-7-6-9-3-1-2-8-14(9)12(16)10-4-5-11(19-10)15(17)18/h4-5,9H,1-3,6-8,13H2. The zero-order valence-corrected chi connectivity index (χ0v) is 10.6. The van der Waals surface area contributed by atoms with Gasteiger partial charge in [-0.25, -0.2) is 0 Å². The Balaban J connectivity index is 2.13. The molecule has 0 radical (unpaired) electrons. The molecule has 2 N–H and O–H groups in total. The van der Waals surface area contributed by atoms with E-state index >= 15 is 0 Å². The summed E-state index contributed by atoms with van der Waals surface area (Å²) >= 11 is 0. The summed E-state index contributed by atoms with van der Waals surface area (Å²) in [7, 11) is 0. The molecule has 1 aliphatic rings. The van der Waals surface area contributed by atoms with Gasteiger partial charge in [-0.05, 0) is 38.3 Å². The van der Waals surface area contributed by atoms with E-state index in [9.17, 15) is 14.9 Å². The van der Waals surface area contributed by atoms with Crippen molar-refractivity contribution in [2.45, 2.75) is 31.7 Å². The maximum absolute atomic E-state index is 12.3. The summed E-state index contributed by atoms with van der Waals surface area (Å²) in [5.41, 5.74) is 5.55. The normalized spacial score (nSPS) is 19.4. The number of nitrogens with two attached hydrogens (primary N) is 1. The van der Waals surface area contributed by atoms with Crippen molar-refractivity contribution in [1.29, 1.82) is 0 Å². The summed E-state index contributed by atoms with van der Waals surface area (Å²) in [6, 6.07) is 2.67. The van der Waals surface area contributed by atoms with E-state index < -0.39 is 10.8 Å². The van der Waals surface area contributed by atoms with E-state index in [0.717, 1.165) is 25.7 Å². The van der Waals surface area contributed by atoms with Crippen molar-refractivity contribution < 1.29 is 14.1 Å². The summed E-state index contributed by atoms with van der Waals surface area (Å²) < 4.78 is 4.97. The van der Waals surface area contributed by atoms with Crippen LogP contribution in [0, 0.1) is 10.1 Å². The van der Waals surface area contributed by atoms with Crippen LogP contribution in [0.2, 0.25) is 0 Å². The molecule has 0 spiro atoms. The van der Waals surface area contributed by atoms with Gasteiger partial charge >= 0.3 is 5.88 Å². The van der Waals surface area contributed by atoms with Crippen LogP contribution >= 0.6 is 0 Å². The van der Waals surface area contributed by atoms with E-state index in [2.05, 4.69) is 0 Å². The Morgan fingerprint density at radius 3 is 2.95 bits per heavy atom. The number of piperidine rings is 1. The molecule has 1 unspecified atom stereocenters. The molecule has 1 atom stereocenters. The van der Waals surface area contributed by atoms with Crippen LogP contribution in [-0.4, -0.2) is 34.9 Å². The Labute approximate surface area is 110 Å². The highest BCUT2D eigenvalue weighted by Crippen LogP contribution is 2.24. The number of likely N-dealkylation sites (tertiary alicyclic amines) is 1. The zero-order valence-electron chi connectivity index (χ0n) is 10.6. The van der Waals surface area contributed by atoms with Crippen LogP contribution in [0.4, 0.5) is 5.88 Å². The van der Waals surface area contributed by atoms with Crippen LogP contribution in [-0.2, 0) is 0 Å². The van der Waals surface area contributed by atoms with E-state index in [4.69, 9.17) is 10.2 Å². The second-order valence-corrected chi connectivity index (χ2v) is 4.62. The van der Waals surface area contributed by atoms with Gasteiger partial charge in [0, 0.05) is 12.6 Å². The molecule has 0 aliphatic carbocycles. The van der Waals surface area contributed by atoms with Crippen LogP contribution in [0.25, 0.3) is 0 Å². The lowest BCUT2D eigenvalue weighted by Gasteiger charge is -2.35. The van der Waals surface area contributed by atoms with Gasteiger partial charge < -0.3 is 15.1 Å². The SMILES string of the molecule is NCCC1CCCCN1C(=O)c1ccc([N+](=O)[O-])o1. The summed E-state index contributed by atoms with van der Waals surface area (Å²) in [4.78, 5) is 23.9. The fourth-order valence-corrected chi connectivity index (χ4v) is 2.44. The highest BCUT2D eigenvalue weighted by molar-refractivity contribution is 5.92. The van der Waals surface area contributed by atoms with Crippen LogP contribution in [0.1, 0.15) is 36.2 Å². The van der Waals surface area contributed by atoms with E-state index in [0.29, 0.717) is 13.1 Å². The van der Waals surface area contributed by atoms with Gasteiger partial charge in [0.15, 0.2) is 5.76 Å². The Bertz CT molecular complexity index is 469. The third-order valence-electron chi connectivity index (χ3n) is 3.37. The Morgan fingerprint density at radius 1 is 1.53 bits per heavy atom. The maximum atomic E-state index is 12.3. The largest absolute Gasteiger partial charge is 0.433 e. The van der Waals surface area contributed by atoms with Crippen molar-refractivity contribution in [3.63, 3.8) is 0 Å². The first-order valence-corrected chi connectivity index (χ1v) is 6.38. The van der Waals surface area contributed by atoms with E-state index in [1.54, 1.807) is 4.90 Å². The topological polar surface area (TPSA) is 103 Å². The molecule has 0 saturated carbocycles. The number of nitrogens with zero attached hydrogens (tertiary/aromatic N) is 2. The molecule has 7 heteroatoms. The van der Waals surface area contributed by atoms with Gasteiger partial charge in [0.25, 0.3) is 5.91 Å². The molecule has 1 aromatic rings. The highest BCUT2D eigenvalue weighted by atomic mass is 16.6. The summed E-state index contributed by atoms with van der Waals surface area (Å²) in [5.74, 6) is -0.669. The number of amides is 1. The molecular formula is C12H17N3O4. The number of furan rings is 1. The number of carbonyl (C=O) groups is 1. The Kier molecular flexibility index (Phi) is 4.16. The van der Waals surface area contributed by atoms with Gasteiger partial charge in [-0.15, -0.1) is 0 Å². The van der Waals surface area contributed by atoms with E-state index in [1.165, 1.54) is 12.1 Å². The van der Waals surface area contributed by atoms with Crippen molar-refractivity contribution in [2.24, 2.45) is 5.73 Å². The van der Waals surface area contributed by atoms with Crippen LogP contribution < -0.4 is 5.73 Å². The second kappa shape index (κ2) is 5.83. The van der Waals surface area contributed by atoms with Crippen molar-refractivity contribution in [3.8, 4) is 0 Å². The quantitative estimate of drug-likeness (QED) is 0.658. The molecule has 1 amide bonds. The third kappa shape index (κ3) is 2.93. The lowest BCUT2D eigenvalue weighted by Crippen LogP contribution is -2.44. The van der Waals surface area contributed by atoms with Gasteiger partial charge in [-0.2, -0.15) is 0 Å². The molecule has 19 heavy (non-hydrogen) atoms. The lowest BCUT2D eigenvalue weighted by molar-refractivity contribution is -0.402. The van der Waals surface area contributed by atoms with Crippen molar-refractivity contribution >= 4 is 11.8 Å². The predicted molar refractivity (Wildman–Crippen MR) is 67.7 cm³/mol. The molecular weight excluding hydrogens is 250 g/mol. The number of nitro groups is 1. The fraction of sp³-hybridized carbons (Fsp3) is 0.583. The van der Waals surface area contributed by atoms with Gasteiger partial charge in [0.05, 0.1) is 6.07 Å². The summed E-state index contributed by atoms with van der Waals surface area (Å²) in [6.07, 6.45) is 3.68. The molecule has 2 rings (SSSR count). The van der Waals surface area contributed by atoms with E-state index in [-0.39, 0.29) is 17.7 Å². The molecule has 2 heterocycles. The summed E-state index contributed by atoms with van der Waals surface area (Å²) in [5, 5.41) is 10.6. The molecule has 104 valence electrons. The number of hydrogen-bond acceptors (Lipinski definition) is 5. The van der Waals surface area contributed by atoms with Crippen LogP contribution in [0.15, 0.2) is 16.5 Å². The molecule has 0 aromatic carbocycles. The lowest BCUT2D eigenvalue weighted by atomic mass is 9.99. The summed E-state index contributed by atoms with van der Waals surface area (Å²) in [6.45, 7) is 1.17. The Hall–Kier alpha value is -1.89. The van der Waals surface area contributed by atoms with Gasteiger partial charge in [0.1, 0.15) is 4.92 Å². The fourth-order valence-electron chi connectivity index (χ4n) is 2.44. The second-order valence-electron chi connectivity index (χ2n) is 4.62. The first-order valence-electron chi connectivity index (χ1n) is 6.38. The average molecular weight is 267 g/mol. The molecule has 1 saturated heterocycles. The number of hydrogen-bond donors (Lipinski definition) is 1. The average Bonchev–Trinajstić information content (AvgIpc) is 2.89. The number of carbonyl (C=O) groups excluding carboxylic acids is 1. The molecule has 1 aliphatic heterocycles. The molecule has 1 aromatic heterocycles. The predicted octanol–water partition coefficient (Wildman–Crippen LogP) is 1.53. The smallest absolute Gasteiger partial charge is 0.395 e. The highest BCUT2D eigenvalue weighted by Gasteiger charge is 2.29. The van der Waals surface area contributed by atoms with E-state index in [1.807, 2.05) is 0 Å². The van der Waals surface area contributed by atoms with Gasteiger partial charge in [-0.1, -0.05) is 0 Å². The minimum Gasteiger partial charge on any atom is -0.395 e. The molecule has 0 bridgehead atoms. The van der Waals surface area contributed by atoms with Crippen molar-refractivity contribution in [2.75, 3.05) is 13.1 Å². The first kappa shape index (κ1) is 13.5. The zero-order chi connectivity index (χ0) is 13.8. The molecule has 1 fully saturated rings. The monoisotopic (exact) mass is 267 g/mol. The molecule has 7 nitrogen and oxygen atoms in total. The van der Waals surface area contributed by atoms with Gasteiger partial charge in [0.2, 0.25) is 0 Å². The van der Waals surface area contributed by atoms with Crippen molar-refractivity contribution in [3.05, 3.63) is 28.0 Å². The van der Waals surface area contributed by atoms with Crippen molar-refractivity contribution in [1.82, 2.24) is 4.90 Å². The minimum absolute atomic E-state index is 0.0237. The number of rotatable bonds is 4. The minimum atomic E-state index is -0.648.